The average molecular weight is 282 g/mol. The number of nitrogens with one attached hydrogen (secondary N) is 1. The Morgan fingerprint density at radius 3 is 2.68 bits per heavy atom. The number of carboxylic acid groups (broad SMARTS) is 1. The molecule has 19 heavy (non-hydrogen) atoms. The van der Waals surface area contributed by atoms with Crippen LogP contribution in [0, 0.1) is 11.8 Å². The zero-order chi connectivity index (χ0) is 14.0. The zero-order valence-corrected chi connectivity index (χ0v) is 12.1. The smallest absolute Gasteiger partial charge is 0.339 e. The van der Waals surface area contributed by atoms with Crippen molar-refractivity contribution >= 4 is 23.3 Å². The van der Waals surface area contributed by atoms with Crippen LogP contribution in [-0.4, -0.2) is 17.1 Å². The summed E-state index contributed by atoms with van der Waals surface area (Å²) in [5.41, 5.74) is 0.808. The first-order valence-electron chi connectivity index (χ1n) is 6.77. The summed E-state index contributed by atoms with van der Waals surface area (Å²) in [6, 6.07) is 5.52. The monoisotopic (exact) mass is 281 g/mol. The van der Waals surface area contributed by atoms with Gasteiger partial charge in [0, 0.05) is 6.04 Å². The van der Waals surface area contributed by atoms with Gasteiger partial charge in [0.05, 0.1) is 10.7 Å². The molecule has 104 valence electrons. The van der Waals surface area contributed by atoms with Crippen LogP contribution >= 0.6 is 11.6 Å². The van der Waals surface area contributed by atoms with Crippen molar-refractivity contribution in [3.63, 3.8) is 0 Å². The van der Waals surface area contributed by atoms with Crippen LogP contribution in [0.5, 0.6) is 0 Å². The lowest BCUT2D eigenvalue weighted by molar-refractivity contribution is 0.0698. The predicted octanol–water partition coefficient (Wildman–Crippen LogP) is 4.27. The van der Waals surface area contributed by atoms with Gasteiger partial charge in [-0.25, -0.2) is 4.79 Å². The molecular formula is C15H20ClNO2. The third kappa shape index (κ3) is 3.21. The number of carboxylic acids is 1. The Labute approximate surface area is 119 Å². The highest BCUT2D eigenvalue weighted by molar-refractivity contribution is 6.34. The zero-order valence-electron chi connectivity index (χ0n) is 11.3. The molecule has 4 heteroatoms. The first kappa shape index (κ1) is 14.2. The Balaban J connectivity index is 2.15. The van der Waals surface area contributed by atoms with Crippen LogP contribution in [0.3, 0.4) is 0 Å². The van der Waals surface area contributed by atoms with Gasteiger partial charge in [-0.2, -0.15) is 0 Å². The van der Waals surface area contributed by atoms with Crippen molar-refractivity contribution in [2.45, 2.75) is 39.2 Å². The highest BCUT2D eigenvalue weighted by atomic mass is 35.5. The molecule has 2 rings (SSSR count). The largest absolute Gasteiger partial charge is 0.478 e. The quantitative estimate of drug-likeness (QED) is 0.870. The topological polar surface area (TPSA) is 49.3 Å². The molecule has 0 spiro atoms. The molecule has 0 aromatic heterocycles. The van der Waals surface area contributed by atoms with Gasteiger partial charge in [-0.3, -0.25) is 0 Å². The molecule has 3 unspecified atom stereocenters. The Bertz CT molecular complexity index is 475. The number of hydrogen-bond donors (Lipinski definition) is 2. The molecule has 2 N–H and O–H groups in total. The maximum absolute atomic E-state index is 11.3. The second-order valence-electron chi connectivity index (χ2n) is 5.58. The summed E-state index contributed by atoms with van der Waals surface area (Å²) in [6.07, 6.45) is 3.34. The predicted molar refractivity (Wildman–Crippen MR) is 78.0 cm³/mol. The normalized spacial score (nSPS) is 27.0. The van der Waals surface area contributed by atoms with Crippen LogP contribution in [0.15, 0.2) is 18.2 Å². The van der Waals surface area contributed by atoms with Crippen LogP contribution in [0.25, 0.3) is 0 Å². The summed E-state index contributed by atoms with van der Waals surface area (Å²) in [6.45, 7) is 4.54. The third-order valence-electron chi connectivity index (χ3n) is 4.19. The third-order valence-corrected chi connectivity index (χ3v) is 4.50. The van der Waals surface area contributed by atoms with Gasteiger partial charge < -0.3 is 10.4 Å². The molecule has 3 nitrogen and oxygen atoms in total. The highest BCUT2D eigenvalue weighted by Crippen LogP contribution is 2.32. The molecule has 1 aliphatic carbocycles. The molecule has 3 atom stereocenters. The fourth-order valence-corrected chi connectivity index (χ4v) is 3.02. The van der Waals surface area contributed by atoms with Crippen molar-refractivity contribution < 1.29 is 9.90 Å². The lowest BCUT2D eigenvalue weighted by atomic mass is 9.79. The molecule has 1 aromatic carbocycles. The van der Waals surface area contributed by atoms with E-state index in [1.807, 2.05) is 0 Å². The van der Waals surface area contributed by atoms with Crippen molar-refractivity contribution in [3.05, 3.63) is 28.8 Å². The number of aromatic carboxylic acids is 1. The van der Waals surface area contributed by atoms with Crippen LogP contribution in [0.4, 0.5) is 5.69 Å². The van der Waals surface area contributed by atoms with Gasteiger partial charge >= 0.3 is 5.97 Å². The summed E-state index contributed by atoms with van der Waals surface area (Å²) in [5.74, 6) is 0.431. The van der Waals surface area contributed by atoms with Gasteiger partial charge in [-0.05, 0) is 43.2 Å². The molecule has 1 aliphatic rings. The van der Waals surface area contributed by atoms with Gasteiger partial charge in [-0.15, -0.1) is 0 Å². The second-order valence-corrected chi connectivity index (χ2v) is 5.98. The fraction of sp³-hybridized carbons (Fsp3) is 0.533. The Kier molecular flexibility index (Phi) is 4.35. The molecule has 0 saturated heterocycles. The minimum atomic E-state index is -0.981. The summed E-state index contributed by atoms with van der Waals surface area (Å²) in [5, 5.41) is 12.9. The summed E-state index contributed by atoms with van der Waals surface area (Å²) >= 11 is 5.97. The SMILES string of the molecule is CC1CCC(Nc2cccc(Cl)c2C(=O)O)CC1C. The van der Waals surface area contributed by atoms with E-state index < -0.39 is 5.97 Å². The van der Waals surface area contributed by atoms with E-state index in [1.54, 1.807) is 18.2 Å². The number of hydrogen-bond acceptors (Lipinski definition) is 2. The minimum absolute atomic E-state index is 0.176. The first-order valence-corrected chi connectivity index (χ1v) is 7.15. The second kappa shape index (κ2) is 5.83. The summed E-state index contributed by atoms with van der Waals surface area (Å²) < 4.78 is 0. The van der Waals surface area contributed by atoms with E-state index in [9.17, 15) is 9.90 Å². The lowest BCUT2D eigenvalue weighted by Gasteiger charge is -2.33. The molecule has 0 bridgehead atoms. The van der Waals surface area contributed by atoms with Gasteiger partial charge in [0.1, 0.15) is 5.56 Å². The van der Waals surface area contributed by atoms with E-state index >= 15 is 0 Å². The van der Waals surface area contributed by atoms with Crippen LogP contribution in [0.2, 0.25) is 5.02 Å². The number of halogens is 1. The molecular weight excluding hydrogens is 262 g/mol. The van der Waals surface area contributed by atoms with Gasteiger partial charge in [0.2, 0.25) is 0 Å². The van der Waals surface area contributed by atoms with Crippen LogP contribution in [0.1, 0.15) is 43.5 Å². The maximum Gasteiger partial charge on any atom is 0.339 e. The van der Waals surface area contributed by atoms with E-state index in [1.165, 1.54) is 6.42 Å². The molecule has 0 heterocycles. The fourth-order valence-electron chi connectivity index (χ4n) is 2.76. The number of rotatable bonds is 3. The van der Waals surface area contributed by atoms with Crippen LogP contribution in [-0.2, 0) is 0 Å². The van der Waals surface area contributed by atoms with Crippen LogP contribution < -0.4 is 5.32 Å². The Morgan fingerprint density at radius 2 is 2.05 bits per heavy atom. The van der Waals surface area contributed by atoms with Crippen molar-refractivity contribution in [2.75, 3.05) is 5.32 Å². The van der Waals surface area contributed by atoms with Gasteiger partial charge in [0.25, 0.3) is 0 Å². The van der Waals surface area contributed by atoms with E-state index in [-0.39, 0.29) is 10.6 Å². The van der Waals surface area contributed by atoms with Crippen molar-refractivity contribution in [1.29, 1.82) is 0 Å². The van der Waals surface area contributed by atoms with E-state index in [0.29, 0.717) is 17.6 Å². The summed E-state index contributed by atoms with van der Waals surface area (Å²) in [4.78, 5) is 11.3. The summed E-state index contributed by atoms with van der Waals surface area (Å²) in [7, 11) is 0. The van der Waals surface area contributed by atoms with E-state index in [4.69, 9.17) is 11.6 Å². The van der Waals surface area contributed by atoms with Gasteiger partial charge in [-0.1, -0.05) is 31.5 Å². The molecule has 1 fully saturated rings. The lowest BCUT2D eigenvalue weighted by Crippen LogP contribution is -2.30. The van der Waals surface area contributed by atoms with E-state index in [0.717, 1.165) is 18.8 Å². The van der Waals surface area contributed by atoms with Crippen molar-refractivity contribution in [3.8, 4) is 0 Å². The molecule has 0 amide bonds. The van der Waals surface area contributed by atoms with Crippen molar-refractivity contribution in [1.82, 2.24) is 0 Å². The molecule has 1 saturated carbocycles. The number of anilines is 1. The van der Waals surface area contributed by atoms with Crippen molar-refractivity contribution in [2.24, 2.45) is 11.8 Å². The highest BCUT2D eigenvalue weighted by Gasteiger charge is 2.25. The molecule has 1 aromatic rings. The first-order chi connectivity index (χ1) is 8.99. The Hall–Kier alpha value is -1.22. The van der Waals surface area contributed by atoms with Gasteiger partial charge in [0.15, 0.2) is 0 Å². The minimum Gasteiger partial charge on any atom is -0.478 e. The Morgan fingerprint density at radius 1 is 1.32 bits per heavy atom. The molecule has 0 aliphatic heterocycles. The standard InChI is InChI=1S/C15H20ClNO2/c1-9-6-7-11(8-10(9)2)17-13-5-3-4-12(16)14(13)15(18)19/h3-5,9-11,17H,6-8H2,1-2H3,(H,18,19). The maximum atomic E-state index is 11.3. The van der Waals surface area contributed by atoms with E-state index in [2.05, 4.69) is 19.2 Å². The number of benzene rings is 1. The average Bonchev–Trinajstić information content (AvgIpc) is 2.33. The number of carbonyl (C=O) groups is 1. The molecule has 0 radical (unpaired) electrons.